The highest BCUT2D eigenvalue weighted by molar-refractivity contribution is 6.08. The first-order valence-corrected chi connectivity index (χ1v) is 10.4. The average molecular weight is 433 g/mol. The van der Waals surface area contributed by atoms with Gasteiger partial charge in [-0.2, -0.15) is 0 Å². The maximum atomic E-state index is 13.9. The summed E-state index contributed by atoms with van der Waals surface area (Å²) in [5.74, 6) is -1.47. The van der Waals surface area contributed by atoms with Crippen molar-refractivity contribution in [1.82, 2.24) is 0 Å². The maximum Gasteiger partial charge on any atom is 0.258 e. The van der Waals surface area contributed by atoms with Gasteiger partial charge in [-0.1, -0.05) is 24.3 Å². The number of hydrogen-bond acceptors (Lipinski definition) is 4. The molecule has 7 heteroatoms. The molecule has 0 spiro atoms. The summed E-state index contributed by atoms with van der Waals surface area (Å²) in [5, 5.41) is 5.61. The van der Waals surface area contributed by atoms with Crippen molar-refractivity contribution in [3.05, 3.63) is 89.2 Å². The highest BCUT2D eigenvalue weighted by Crippen LogP contribution is 2.23. The molecule has 1 aliphatic heterocycles. The molecule has 6 nitrogen and oxygen atoms in total. The monoisotopic (exact) mass is 433 g/mol. The Kier molecular flexibility index (Phi) is 6.47. The zero-order valence-electron chi connectivity index (χ0n) is 17.7. The minimum Gasteiger partial charge on any atom is -0.378 e. The van der Waals surface area contributed by atoms with Crippen molar-refractivity contribution in [1.29, 1.82) is 0 Å². The molecule has 0 aliphatic carbocycles. The van der Waals surface area contributed by atoms with Crippen LogP contribution in [-0.4, -0.2) is 38.1 Å². The molecule has 2 N–H and O–H groups in total. The minimum atomic E-state index is -0.600. The molecule has 3 aromatic rings. The van der Waals surface area contributed by atoms with Gasteiger partial charge in [0, 0.05) is 35.7 Å². The lowest BCUT2D eigenvalue weighted by atomic mass is 10.1. The first-order valence-electron chi connectivity index (χ1n) is 10.4. The van der Waals surface area contributed by atoms with E-state index in [0.29, 0.717) is 30.2 Å². The number of carbonyl (C=O) groups excluding carboxylic acids is 2. The number of nitrogens with zero attached hydrogens (tertiary/aromatic N) is 1. The van der Waals surface area contributed by atoms with Crippen LogP contribution in [-0.2, 0) is 4.74 Å². The minimum absolute atomic E-state index is 0.0540. The van der Waals surface area contributed by atoms with Crippen LogP contribution in [0.15, 0.2) is 66.7 Å². The molecule has 3 aromatic carbocycles. The Labute approximate surface area is 186 Å². The first kappa shape index (κ1) is 21.5. The van der Waals surface area contributed by atoms with Crippen LogP contribution in [0.2, 0.25) is 0 Å². The van der Waals surface area contributed by atoms with Crippen LogP contribution in [0.1, 0.15) is 26.3 Å². The summed E-state index contributed by atoms with van der Waals surface area (Å²) >= 11 is 0. The molecule has 1 heterocycles. The number of rotatable bonds is 5. The highest BCUT2D eigenvalue weighted by Gasteiger charge is 2.15. The Bertz CT molecular complexity index is 1140. The quantitative estimate of drug-likeness (QED) is 0.623. The predicted octanol–water partition coefficient (Wildman–Crippen LogP) is 4.48. The van der Waals surface area contributed by atoms with Crippen molar-refractivity contribution >= 4 is 28.9 Å². The smallest absolute Gasteiger partial charge is 0.258 e. The third-order valence-corrected chi connectivity index (χ3v) is 5.35. The summed E-state index contributed by atoms with van der Waals surface area (Å²) in [4.78, 5) is 27.5. The summed E-state index contributed by atoms with van der Waals surface area (Å²) in [7, 11) is 0. The molecule has 0 radical (unpaired) electrons. The van der Waals surface area contributed by atoms with Gasteiger partial charge in [-0.3, -0.25) is 9.59 Å². The van der Waals surface area contributed by atoms with Gasteiger partial charge in [0.1, 0.15) is 5.82 Å². The molecule has 1 saturated heterocycles. The zero-order chi connectivity index (χ0) is 22.5. The molecule has 0 bridgehead atoms. The Balaban J connectivity index is 1.49. The van der Waals surface area contributed by atoms with E-state index in [9.17, 15) is 14.0 Å². The van der Waals surface area contributed by atoms with E-state index >= 15 is 0 Å². The van der Waals surface area contributed by atoms with Crippen LogP contribution in [0.25, 0.3) is 0 Å². The Hall–Kier alpha value is -3.71. The van der Waals surface area contributed by atoms with Gasteiger partial charge in [0.05, 0.1) is 18.8 Å². The van der Waals surface area contributed by atoms with Crippen LogP contribution >= 0.6 is 0 Å². The summed E-state index contributed by atoms with van der Waals surface area (Å²) < 4.78 is 19.3. The van der Waals surface area contributed by atoms with E-state index in [0.717, 1.165) is 24.3 Å². The van der Waals surface area contributed by atoms with Crippen LogP contribution in [0.3, 0.4) is 0 Å². The second kappa shape index (κ2) is 9.62. The Morgan fingerprint density at radius 2 is 1.69 bits per heavy atom. The van der Waals surface area contributed by atoms with E-state index in [2.05, 4.69) is 15.5 Å². The van der Waals surface area contributed by atoms with Crippen LogP contribution < -0.4 is 15.5 Å². The standard InChI is InChI=1S/C25H24FN3O3/c1-17-9-10-18(15-23(17)28-25(31)21-7-2-3-8-22(21)26)24(30)27-19-5-4-6-20(16-19)29-11-13-32-14-12-29/h2-10,15-16H,11-14H2,1H3,(H,27,30)(H,28,31). The van der Waals surface area contributed by atoms with Crippen molar-refractivity contribution in [3.63, 3.8) is 0 Å². The van der Waals surface area contributed by atoms with Gasteiger partial charge < -0.3 is 20.3 Å². The third kappa shape index (κ3) is 4.95. The molecule has 0 unspecified atom stereocenters. The second-order valence-electron chi connectivity index (χ2n) is 7.57. The molecule has 1 fully saturated rings. The fourth-order valence-electron chi connectivity index (χ4n) is 3.54. The Morgan fingerprint density at radius 1 is 0.906 bits per heavy atom. The molecular formula is C25H24FN3O3. The van der Waals surface area contributed by atoms with Gasteiger partial charge in [0.2, 0.25) is 0 Å². The molecule has 4 rings (SSSR count). The largest absolute Gasteiger partial charge is 0.378 e. The lowest BCUT2D eigenvalue weighted by molar-refractivity contribution is 0.101. The molecule has 0 aromatic heterocycles. The highest BCUT2D eigenvalue weighted by atomic mass is 19.1. The number of nitrogens with one attached hydrogen (secondary N) is 2. The van der Waals surface area contributed by atoms with Gasteiger partial charge in [-0.05, 0) is 55.0 Å². The van der Waals surface area contributed by atoms with Crippen molar-refractivity contribution in [2.24, 2.45) is 0 Å². The second-order valence-corrected chi connectivity index (χ2v) is 7.57. The maximum absolute atomic E-state index is 13.9. The number of carbonyl (C=O) groups is 2. The Morgan fingerprint density at radius 3 is 2.47 bits per heavy atom. The number of amides is 2. The van der Waals surface area contributed by atoms with Crippen molar-refractivity contribution in [2.45, 2.75) is 6.92 Å². The normalized spacial score (nSPS) is 13.5. The summed E-state index contributed by atoms with van der Waals surface area (Å²) in [5.41, 5.74) is 3.25. The number of aryl methyl sites for hydroxylation is 1. The van der Waals surface area contributed by atoms with E-state index in [4.69, 9.17) is 4.74 Å². The predicted molar refractivity (Wildman–Crippen MR) is 123 cm³/mol. The summed E-state index contributed by atoms with van der Waals surface area (Å²) in [6.45, 7) is 4.79. The topological polar surface area (TPSA) is 70.7 Å². The van der Waals surface area contributed by atoms with Gasteiger partial charge in [0.25, 0.3) is 11.8 Å². The van der Waals surface area contributed by atoms with E-state index in [1.54, 1.807) is 24.3 Å². The van der Waals surface area contributed by atoms with E-state index < -0.39 is 11.7 Å². The number of benzene rings is 3. The summed E-state index contributed by atoms with van der Waals surface area (Å²) in [6.07, 6.45) is 0. The fourth-order valence-corrected chi connectivity index (χ4v) is 3.54. The van der Waals surface area contributed by atoms with Gasteiger partial charge in [-0.15, -0.1) is 0 Å². The molecule has 0 saturated carbocycles. The zero-order valence-corrected chi connectivity index (χ0v) is 17.7. The van der Waals surface area contributed by atoms with E-state index in [1.165, 1.54) is 18.2 Å². The number of hydrogen-bond donors (Lipinski definition) is 2. The molecule has 2 amide bonds. The van der Waals surface area contributed by atoms with Crippen LogP contribution in [0.5, 0.6) is 0 Å². The van der Waals surface area contributed by atoms with Gasteiger partial charge >= 0.3 is 0 Å². The molecule has 164 valence electrons. The van der Waals surface area contributed by atoms with Crippen LogP contribution in [0.4, 0.5) is 21.5 Å². The fraction of sp³-hybridized carbons (Fsp3) is 0.200. The average Bonchev–Trinajstić information content (AvgIpc) is 2.81. The van der Waals surface area contributed by atoms with Crippen molar-refractivity contribution in [3.8, 4) is 0 Å². The van der Waals surface area contributed by atoms with Crippen LogP contribution in [0, 0.1) is 12.7 Å². The molecular weight excluding hydrogens is 409 g/mol. The summed E-state index contributed by atoms with van der Waals surface area (Å²) in [6, 6.07) is 18.5. The third-order valence-electron chi connectivity index (χ3n) is 5.35. The van der Waals surface area contributed by atoms with E-state index in [-0.39, 0.29) is 11.5 Å². The van der Waals surface area contributed by atoms with Crippen molar-refractivity contribution in [2.75, 3.05) is 41.8 Å². The number of morpholine rings is 1. The first-order chi connectivity index (χ1) is 15.5. The molecule has 1 aliphatic rings. The molecule has 0 atom stereocenters. The molecule has 32 heavy (non-hydrogen) atoms. The lowest BCUT2D eigenvalue weighted by Crippen LogP contribution is -2.36. The number of ether oxygens (including phenoxy) is 1. The number of anilines is 3. The SMILES string of the molecule is Cc1ccc(C(=O)Nc2cccc(N3CCOCC3)c2)cc1NC(=O)c1ccccc1F. The van der Waals surface area contributed by atoms with E-state index in [1.807, 2.05) is 31.2 Å². The van der Waals surface area contributed by atoms with Crippen molar-refractivity contribution < 1.29 is 18.7 Å². The number of halogens is 1. The van der Waals surface area contributed by atoms with Gasteiger partial charge in [-0.25, -0.2) is 4.39 Å². The lowest BCUT2D eigenvalue weighted by Gasteiger charge is -2.29. The van der Waals surface area contributed by atoms with Gasteiger partial charge in [0.15, 0.2) is 0 Å².